The van der Waals surface area contributed by atoms with E-state index in [9.17, 15) is 0 Å². The van der Waals surface area contributed by atoms with E-state index < -0.39 is 5.60 Å². The van der Waals surface area contributed by atoms with E-state index in [4.69, 9.17) is 9.31 Å². The minimum Gasteiger partial charge on any atom is -0.534 e. The predicted octanol–water partition coefficient (Wildman–Crippen LogP) is 0.752. The topological polar surface area (TPSA) is 47.1 Å². The van der Waals surface area contributed by atoms with Gasteiger partial charge in [0.2, 0.25) is 0 Å². The Kier molecular flexibility index (Phi) is 1.92. The highest BCUT2D eigenvalue weighted by Gasteiger charge is 2.43. The van der Waals surface area contributed by atoms with E-state index in [1.54, 1.807) is 6.20 Å². The summed E-state index contributed by atoms with van der Waals surface area (Å²) in [4.78, 5) is 0. The minimum atomic E-state index is -0.422. The van der Waals surface area contributed by atoms with Gasteiger partial charge in [-0.2, -0.15) is 5.10 Å². The zero-order valence-electron chi connectivity index (χ0n) is 8.63. The lowest BCUT2D eigenvalue weighted by Gasteiger charge is -2.15. The Morgan fingerprint density at radius 3 is 2.71 bits per heavy atom. The van der Waals surface area contributed by atoms with E-state index in [1.165, 1.54) is 0 Å². The van der Waals surface area contributed by atoms with Gasteiger partial charge >= 0.3 is 7.12 Å². The van der Waals surface area contributed by atoms with Crippen LogP contribution in [0.15, 0.2) is 18.5 Å². The van der Waals surface area contributed by atoms with Crippen LogP contribution in [0.3, 0.4) is 0 Å². The maximum atomic E-state index is 5.70. The summed E-state index contributed by atoms with van der Waals surface area (Å²) < 4.78 is 11.2. The van der Waals surface area contributed by atoms with Crippen molar-refractivity contribution >= 4 is 12.6 Å². The van der Waals surface area contributed by atoms with E-state index in [2.05, 4.69) is 16.8 Å². The molecule has 1 N–H and O–H groups in total. The SMILES string of the molecule is C=C1OB(c2cn[nH]c2C)OC1(C)C. The maximum absolute atomic E-state index is 5.70. The second-order valence-corrected chi connectivity index (χ2v) is 3.95. The number of aromatic nitrogens is 2. The third kappa shape index (κ3) is 1.33. The molecule has 1 aromatic rings. The summed E-state index contributed by atoms with van der Waals surface area (Å²) in [6.07, 6.45) is 1.72. The third-order valence-electron chi connectivity index (χ3n) is 2.45. The monoisotopic (exact) mass is 192 g/mol. The molecule has 2 rings (SSSR count). The molecule has 0 radical (unpaired) electrons. The fraction of sp³-hybridized carbons (Fsp3) is 0.444. The number of H-pyrrole nitrogens is 1. The molecule has 0 aromatic carbocycles. The van der Waals surface area contributed by atoms with Gasteiger partial charge in [0.05, 0.1) is 12.0 Å². The van der Waals surface area contributed by atoms with Crippen LogP contribution in [0.5, 0.6) is 0 Å². The standard InChI is InChI=1S/C9H13BN2O2/c1-6-8(5-11-12-6)10-13-7(2)9(3,4)14-10/h5H,2H2,1,3-4H3,(H,11,12). The molecule has 4 nitrogen and oxygen atoms in total. The molecule has 1 aliphatic rings. The second-order valence-electron chi connectivity index (χ2n) is 3.95. The lowest BCUT2D eigenvalue weighted by molar-refractivity contribution is 0.173. The molecule has 14 heavy (non-hydrogen) atoms. The molecule has 1 fully saturated rings. The van der Waals surface area contributed by atoms with E-state index >= 15 is 0 Å². The Morgan fingerprint density at radius 1 is 1.57 bits per heavy atom. The summed E-state index contributed by atoms with van der Waals surface area (Å²) in [5, 5.41) is 6.77. The summed E-state index contributed by atoms with van der Waals surface area (Å²) in [5.41, 5.74) is 1.46. The number of nitrogens with one attached hydrogen (secondary N) is 1. The maximum Gasteiger partial charge on any atom is 0.566 e. The summed E-state index contributed by atoms with van der Waals surface area (Å²) in [6.45, 7) is 9.62. The molecule has 0 amide bonds. The zero-order chi connectivity index (χ0) is 10.3. The van der Waals surface area contributed by atoms with E-state index in [-0.39, 0.29) is 7.12 Å². The van der Waals surface area contributed by atoms with Gasteiger partial charge in [-0.05, 0) is 20.8 Å². The van der Waals surface area contributed by atoms with E-state index in [0.29, 0.717) is 5.76 Å². The normalized spacial score (nSPS) is 19.9. The highest BCUT2D eigenvalue weighted by Crippen LogP contribution is 2.29. The number of rotatable bonds is 1. The average molecular weight is 192 g/mol. The van der Waals surface area contributed by atoms with Gasteiger partial charge in [0.25, 0.3) is 0 Å². The molecule has 1 aromatic heterocycles. The van der Waals surface area contributed by atoms with Crippen LogP contribution in [0.2, 0.25) is 0 Å². The van der Waals surface area contributed by atoms with Crippen LogP contribution in [-0.2, 0) is 9.31 Å². The molecular weight excluding hydrogens is 179 g/mol. The highest BCUT2D eigenvalue weighted by molar-refractivity contribution is 6.62. The average Bonchev–Trinajstić information content (AvgIpc) is 2.58. The minimum absolute atomic E-state index is 0.378. The van der Waals surface area contributed by atoms with Crippen molar-refractivity contribution in [3.8, 4) is 0 Å². The third-order valence-corrected chi connectivity index (χ3v) is 2.45. The predicted molar refractivity (Wildman–Crippen MR) is 54.1 cm³/mol. The summed E-state index contributed by atoms with van der Waals surface area (Å²) in [7, 11) is -0.378. The van der Waals surface area contributed by atoms with Gasteiger partial charge in [0.15, 0.2) is 0 Å². The van der Waals surface area contributed by atoms with Crippen molar-refractivity contribution in [2.45, 2.75) is 26.4 Å². The van der Waals surface area contributed by atoms with Crippen molar-refractivity contribution in [2.75, 3.05) is 0 Å². The van der Waals surface area contributed by atoms with Gasteiger partial charge in [-0.25, -0.2) is 0 Å². The summed E-state index contributed by atoms with van der Waals surface area (Å²) >= 11 is 0. The molecule has 74 valence electrons. The molecule has 0 spiro atoms. The van der Waals surface area contributed by atoms with Crippen LogP contribution in [0.1, 0.15) is 19.5 Å². The van der Waals surface area contributed by atoms with Crippen LogP contribution in [0, 0.1) is 6.92 Å². The van der Waals surface area contributed by atoms with Crippen molar-refractivity contribution in [3.05, 3.63) is 24.2 Å². The summed E-state index contributed by atoms with van der Waals surface area (Å²) in [5.74, 6) is 0.656. The van der Waals surface area contributed by atoms with Gasteiger partial charge < -0.3 is 9.31 Å². The fourth-order valence-electron chi connectivity index (χ4n) is 1.35. The number of nitrogens with zero attached hydrogens (tertiary/aromatic N) is 1. The van der Waals surface area contributed by atoms with Crippen molar-refractivity contribution in [1.82, 2.24) is 10.2 Å². The first kappa shape index (κ1) is 9.33. The highest BCUT2D eigenvalue weighted by atomic mass is 16.7. The quantitative estimate of drug-likeness (QED) is 0.668. The van der Waals surface area contributed by atoms with Gasteiger partial charge in [-0.1, -0.05) is 6.58 Å². The van der Waals surface area contributed by atoms with E-state index in [1.807, 2.05) is 20.8 Å². The van der Waals surface area contributed by atoms with Crippen molar-refractivity contribution in [3.63, 3.8) is 0 Å². The van der Waals surface area contributed by atoms with Crippen molar-refractivity contribution in [1.29, 1.82) is 0 Å². The Bertz CT molecular complexity index is 373. The first-order valence-electron chi connectivity index (χ1n) is 4.54. The van der Waals surface area contributed by atoms with Crippen LogP contribution in [0.4, 0.5) is 0 Å². The Hall–Kier alpha value is -1.23. The number of hydrogen-bond donors (Lipinski definition) is 1. The van der Waals surface area contributed by atoms with Crippen LogP contribution in [-0.4, -0.2) is 22.9 Å². The molecule has 0 saturated carbocycles. The van der Waals surface area contributed by atoms with Crippen molar-refractivity contribution < 1.29 is 9.31 Å². The van der Waals surface area contributed by atoms with Crippen LogP contribution < -0.4 is 5.46 Å². The number of aromatic amines is 1. The Balaban J connectivity index is 2.25. The largest absolute Gasteiger partial charge is 0.566 e. The first-order valence-corrected chi connectivity index (χ1v) is 4.54. The van der Waals surface area contributed by atoms with Crippen LogP contribution >= 0.6 is 0 Å². The molecule has 0 bridgehead atoms. The van der Waals surface area contributed by atoms with Gasteiger partial charge in [0, 0.05) is 11.2 Å². The Labute approximate surface area is 83.4 Å². The lowest BCUT2D eigenvalue weighted by Crippen LogP contribution is -2.35. The molecule has 0 aliphatic carbocycles. The first-order chi connectivity index (χ1) is 6.50. The van der Waals surface area contributed by atoms with Gasteiger partial charge in [-0.3, -0.25) is 5.10 Å². The van der Waals surface area contributed by atoms with Gasteiger partial charge in [-0.15, -0.1) is 0 Å². The fourth-order valence-corrected chi connectivity index (χ4v) is 1.35. The molecular formula is C9H13BN2O2. The second kappa shape index (κ2) is 2.88. The molecule has 2 heterocycles. The van der Waals surface area contributed by atoms with Crippen molar-refractivity contribution in [2.24, 2.45) is 0 Å². The van der Waals surface area contributed by atoms with E-state index in [0.717, 1.165) is 11.2 Å². The smallest absolute Gasteiger partial charge is 0.534 e. The molecule has 0 atom stereocenters. The zero-order valence-corrected chi connectivity index (χ0v) is 8.63. The lowest BCUT2D eigenvalue weighted by atomic mass is 9.80. The number of hydrogen-bond acceptors (Lipinski definition) is 3. The Morgan fingerprint density at radius 2 is 2.29 bits per heavy atom. The molecule has 1 saturated heterocycles. The molecule has 1 aliphatic heterocycles. The number of aryl methyl sites for hydroxylation is 1. The van der Waals surface area contributed by atoms with Gasteiger partial charge in [0.1, 0.15) is 5.60 Å². The molecule has 0 unspecified atom stereocenters. The van der Waals surface area contributed by atoms with Crippen LogP contribution in [0.25, 0.3) is 0 Å². The summed E-state index contributed by atoms with van der Waals surface area (Å²) in [6, 6.07) is 0. The molecule has 5 heteroatoms.